The van der Waals surface area contributed by atoms with Gasteiger partial charge in [0, 0.05) is 26.2 Å². The van der Waals surface area contributed by atoms with E-state index in [2.05, 4.69) is 0 Å². The number of ether oxygens (including phenoxy) is 2. The minimum Gasteiger partial charge on any atom is -0.465 e. The number of amides is 1. The molecular weight excluding hydrogens is 408 g/mol. The van der Waals surface area contributed by atoms with Gasteiger partial charge in [0.25, 0.3) is 0 Å². The van der Waals surface area contributed by atoms with Crippen LogP contribution in [0.25, 0.3) is 0 Å². The first-order valence-electron chi connectivity index (χ1n) is 10.1. The summed E-state index contributed by atoms with van der Waals surface area (Å²) in [4.78, 5) is 26.1. The lowest BCUT2D eigenvalue weighted by atomic mass is 9.78. The molecule has 9 heteroatoms. The fourth-order valence-corrected chi connectivity index (χ4v) is 5.76. The Kier molecular flexibility index (Phi) is 6.15. The first kappa shape index (κ1) is 22.6. The van der Waals surface area contributed by atoms with Crippen molar-refractivity contribution in [3.05, 3.63) is 29.8 Å². The van der Waals surface area contributed by atoms with Crippen molar-refractivity contribution in [3.63, 3.8) is 0 Å². The first-order valence-corrected chi connectivity index (χ1v) is 11.6. The van der Waals surface area contributed by atoms with Crippen LogP contribution in [0.3, 0.4) is 0 Å². The number of carbonyl (C=O) groups is 2. The summed E-state index contributed by atoms with van der Waals surface area (Å²) in [5, 5.41) is 0. The number of sulfonamides is 1. The van der Waals surface area contributed by atoms with Crippen LogP contribution < -0.4 is 0 Å². The van der Waals surface area contributed by atoms with Gasteiger partial charge >= 0.3 is 12.1 Å². The predicted molar refractivity (Wildman–Crippen MR) is 111 cm³/mol. The molecule has 0 atom stereocenters. The van der Waals surface area contributed by atoms with Gasteiger partial charge in [-0.15, -0.1) is 0 Å². The Bertz CT molecular complexity index is 914. The Morgan fingerprint density at radius 3 is 2.23 bits per heavy atom. The van der Waals surface area contributed by atoms with Crippen molar-refractivity contribution in [2.75, 3.05) is 33.3 Å². The van der Waals surface area contributed by atoms with E-state index < -0.39 is 21.6 Å². The zero-order valence-electron chi connectivity index (χ0n) is 18.0. The predicted octanol–water partition coefficient (Wildman–Crippen LogP) is 2.88. The molecule has 0 bridgehead atoms. The van der Waals surface area contributed by atoms with Crippen LogP contribution in [-0.4, -0.2) is 68.6 Å². The smallest absolute Gasteiger partial charge is 0.410 e. The molecule has 2 heterocycles. The Labute approximate surface area is 178 Å². The van der Waals surface area contributed by atoms with Gasteiger partial charge < -0.3 is 14.4 Å². The van der Waals surface area contributed by atoms with E-state index in [1.165, 1.54) is 23.5 Å². The Morgan fingerprint density at radius 2 is 1.63 bits per heavy atom. The SMILES string of the molecule is COC(=O)c1ccccc1S(=O)(=O)N1CCC2(CCN(C(=O)OC(C)(C)C)C2)CC1. The summed E-state index contributed by atoms with van der Waals surface area (Å²) in [6, 6.07) is 6.10. The summed E-state index contributed by atoms with van der Waals surface area (Å²) >= 11 is 0. The topological polar surface area (TPSA) is 93.2 Å². The molecule has 166 valence electrons. The Morgan fingerprint density at radius 1 is 1.03 bits per heavy atom. The Balaban J connectivity index is 1.69. The quantitative estimate of drug-likeness (QED) is 0.674. The van der Waals surface area contributed by atoms with E-state index in [0.29, 0.717) is 39.0 Å². The van der Waals surface area contributed by atoms with E-state index in [-0.39, 0.29) is 22.0 Å². The molecule has 0 unspecified atom stereocenters. The van der Waals surface area contributed by atoms with Crippen LogP contribution in [0.15, 0.2) is 29.2 Å². The van der Waals surface area contributed by atoms with E-state index >= 15 is 0 Å². The lowest BCUT2D eigenvalue weighted by Gasteiger charge is -2.38. The van der Waals surface area contributed by atoms with E-state index in [1.807, 2.05) is 20.8 Å². The number of methoxy groups -OCH3 is 1. The number of piperidine rings is 1. The lowest BCUT2D eigenvalue weighted by Crippen LogP contribution is -2.45. The van der Waals surface area contributed by atoms with Crippen LogP contribution in [0.4, 0.5) is 4.79 Å². The summed E-state index contributed by atoms with van der Waals surface area (Å²) in [7, 11) is -2.59. The highest BCUT2D eigenvalue weighted by molar-refractivity contribution is 7.89. The van der Waals surface area contributed by atoms with Crippen molar-refractivity contribution < 1.29 is 27.5 Å². The van der Waals surface area contributed by atoms with Crippen LogP contribution in [0.2, 0.25) is 0 Å². The third-order valence-corrected chi connectivity index (χ3v) is 7.74. The summed E-state index contributed by atoms with van der Waals surface area (Å²) in [5.41, 5.74) is -0.598. The largest absolute Gasteiger partial charge is 0.465 e. The summed E-state index contributed by atoms with van der Waals surface area (Å²) in [6.45, 7) is 7.41. The van der Waals surface area contributed by atoms with Gasteiger partial charge in [-0.05, 0) is 57.6 Å². The van der Waals surface area contributed by atoms with Crippen molar-refractivity contribution in [2.24, 2.45) is 5.41 Å². The zero-order valence-corrected chi connectivity index (χ0v) is 18.8. The van der Waals surface area contributed by atoms with E-state index in [0.717, 1.165) is 6.42 Å². The van der Waals surface area contributed by atoms with Gasteiger partial charge in [-0.2, -0.15) is 4.31 Å². The van der Waals surface area contributed by atoms with Gasteiger partial charge in [-0.25, -0.2) is 18.0 Å². The molecule has 2 fully saturated rings. The molecule has 2 saturated heterocycles. The highest BCUT2D eigenvalue weighted by Gasteiger charge is 2.45. The van der Waals surface area contributed by atoms with Crippen molar-refractivity contribution in [1.29, 1.82) is 0 Å². The molecule has 0 aliphatic carbocycles. The molecule has 0 N–H and O–H groups in total. The molecule has 8 nitrogen and oxygen atoms in total. The van der Waals surface area contributed by atoms with Crippen LogP contribution in [-0.2, 0) is 19.5 Å². The molecule has 0 radical (unpaired) electrons. The van der Waals surface area contributed by atoms with Gasteiger partial charge in [0.05, 0.1) is 17.6 Å². The number of hydrogen-bond acceptors (Lipinski definition) is 6. The van der Waals surface area contributed by atoms with Crippen molar-refractivity contribution in [1.82, 2.24) is 9.21 Å². The van der Waals surface area contributed by atoms with Gasteiger partial charge in [-0.1, -0.05) is 12.1 Å². The summed E-state index contributed by atoms with van der Waals surface area (Å²) in [5.74, 6) is -0.675. The number of hydrogen-bond donors (Lipinski definition) is 0. The number of carbonyl (C=O) groups excluding carboxylic acids is 2. The van der Waals surface area contributed by atoms with Crippen LogP contribution in [0.1, 0.15) is 50.4 Å². The number of nitrogens with zero attached hydrogens (tertiary/aromatic N) is 2. The Hall–Kier alpha value is -2.13. The fourth-order valence-electron chi connectivity index (χ4n) is 4.14. The second-order valence-corrected chi connectivity index (χ2v) is 11.0. The van der Waals surface area contributed by atoms with Gasteiger partial charge in [0.15, 0.2) is 0 Å². The van der Waals surface area contributed by atoms with Crippen molar-refractivity contribution >= 4 is 22.1 Å². The molecule has 0 aromatic heterocycles. The standard InChI is InChI=1S/C21H30N2O6S/c1-20(2,3)29-19(25)22-12-9-21(15-22)10-13-23(14-11-21)30(26,27)17-8-6-5-7-16(17)18(24)28-4/h5-8H,9-15H2,1-4H3. The maximum absolute atomic E-state index is 13.2. The minimum atomic E-state index is -3.82. The van der Waals surface area contributed by atoms with E-state index in [1.54, 1.807) is 17.0 Å². The molecule has 2 aliphatic heterocycles. The normalized spacial score (nSPS) is 19.7. The molecule has 3 rings (SSSR count). The number of rotatable bonds is 3. The molecule has 1 aromatic carbocycles. The third kappa shape index (κ3) is 4.62. The summed E-state index contributed by atoms with van der Waals surface area (Å²) in [6.07, 6.45) is 1.83. The maximum atomic E-state index is 13.2. The second kappa shape index (κ2) is 8.19. The number of benzene rings is 1. The molecule has 30 heavy (non-hydrogen) atoms. The van der Waals surface area contributed by atoms with E-state index in [9.17, 15) is 18.0 Å². The number of esters is 1. The van der Waals surface area contributed by atoms with Gasteiger partial charge in [0.2, 0.25) is 10.0 Å². The fraction of sp³-hybridized carbons (Fsp3) is 0.619. The van der Waals surface area contributed by atoms with Gasteiger partial charge in [-0.3, -0.25) is 0 Å². The van der Waals surface area contributed by atoms with Crippen molar-refractivity contribution in [3.8, 4) is 0 Å². The highest BCUT2D eigenvalue weighted by atomic mass is 32.2. The average Bonchev–Trinajstić information content (AvgIpc) is 3.10. The summed E-state index contributed by atoms with van der Waals surface area (Å²) < 4.78 is 38.0. The maximum Gasteiger partial charge on any atom is 0.410 e. The molecule has 1 aromatic rings. The van der Waals surface area contributed by atoms with Crippen molar-refractivity contribution in [2.45, 2.75) is 50.5 Å². The highest BCUT2D eigenvalue weighted by Crippen LogP contribution is 2.42. The van der Waals surface area contributed by atoms with Crippen LogP contribution in [0, 0.1) is 5.41 Å². The zero-order chi connectivity index (χ0) is 22.2. The molecule has 2 aliphatic rings. The molecule has 1 spiro atoms. The van der Waals surface area contributed by atoms with E-state index in [4.69, 9.17) is 9.47 Å². The van der Waals surface area contributed by atoms with Crippen LogP contribution in [0.5, 0.6) is 0 Å². The number of likely N-dealkylation sites (tertiary alicyclic amines) is 1. The first-order chi connectivity index (χ1) is 14.0. The molecule has 1 amide bonds. The monoisotopic (exact) mass is 438 g/mol. The van der Waals surface area contributed by atoms with Crippen LogP contribution >= 0.6 is 0 Å². The third-order valence-electron chi connectivity index (χ3n) is 5.78. The van der Waals surface area contributed by atoms with Gasteiger partial charge in [0.1, 0.15) is 5.60 Å². The minimum absolute atomic E-state index is 0.0328. The molecule has 0 saturated carbocycles. The lowest BCUT2D eigenvalue weighted by molar-refractivity contribution is 0.0258. The average molecular weight is 439 g/mol. The second-order valence-electron chi connectivity index (χ2n) is 9.04. The molecular formula is C21H30N2O6S.